The molecule has 8 heteroatoms. The van der Waals surface area contributed by atoms with Gasteiger partial charge in [0, 0.05) is 43.8 Å². The van der Waals surface area contributed by atoms with Crippen LogP contribution in [0.4, 0.5) is 11.4 Å². The van der Waals surface area contributed by atoms with Crippen LogP contribution in [0.5, 0.6) is 0 Å². The number of carbonyl (C=O) groups excluding carboxylic acids is 1. The minimum absolute atomic E-state index is 0.170. The number of sulfonamides is 1. The molecular formula is C22H30N4O3S. The van der Waals surface area contributed by atoms with Gasteiger partial charge >= 0.3 is 0 Å². The number of nitrogens with zero attached hydrogens (tertiary/aromatic N) is 2. The summed E-state index contributed by atoms with van der Waals surface area (Å²) in [6, 6.07) is 9.67. The molecule has 2 heterocycles. The van der Waals surface area contributed by atoms with Crippen LogP contribution in [-0.4, -0.2) is 42.3 Å². The topological polar surface area (TPSA) is 83.4 Å². The largest absolute Gasteiger partial charge is 0.382 e. The van der Waals surface area contributed by atoms with Crippen molar-refractivity contribution in [3.05, 3.63) is 42.2 Å². The first-order chi connectivity index (χ1) is 14.4. The van der Waals surface area contributed by atoms with Gasteiger partial charge in [-0.05, 0) is 56.0 Å². The molecule has 0 bridgehead atoms. The summed E-state index contributed by atoms with van der Waals surface area (Å²) in [5.41, 5.74) is 2.05. The van der Waals surface area contributed by atoms with Crippen LogP contribution in [0.3, 0.4) is 0 Å². The Balaban J connectivity index is 1.42. The van der Waals surface area contributed by atoms with Gasteiger partial charge in [-0.15, -0.1) is 0 Å². The van der Waals surface area contributed by atoms with E-state index in [0.717, 1.165) is 18.5 Å². The van der Waals surface area contributed by atoms with Crippen LogP contribution >= 0.6 is 0 Å². The van der Waals surface area contributed by atoms with Crippen LogP contribution in [0.25, 0.3) is 0 Å². The Morgan fingerprint density at radius 3 is 2.27 bits per heavy atom. The molecule has 1 aliphatic heterocycles. The van der Waals surface area contributed by atoms with Crippen molar-refractivity contribution >= 4 is 27.3 Å². The van der Waals surface area contributed by atoms with Gasteiger partial charge < -0.3 is 15.2 Å². The maximum absolute atomic E-state index is 12.8. The van der Waals surface area contributed by atoms with Crippen molar-refractivity contribution in [3.63, 3.8) is 0 Å². The SMILES string of the molecule is Cn1cc(S(=O)(=O)N2CCCC2)cc1C(=O)Nc1ccc(NC2CCCCC2)cc1. The van der Waals surface area contributed by atoms with E-state index in [1.165, 1.54) is 48.7 Å². The number of rotatable bonds is 6. The molecule has 1 aromatic carbocycles. The van der Waals surface area contributed by atoms with Gasteiger partial charge in [0.25, 0.3) is 5.91 Å². The Hall–Kier alpha value is -2.32. The molecule has 2 aliphatic rings. The van der Waals surface area contributed by atoms with E-state index in [1.54, 1.807) is 11.6 Å². The minimum atomic E-state index is -3.54. The molecular weight excluding hydrogens is 400 g/mol. The minimum Gasteiger partial charge on any atom is -0.382 e. The molecule has 1 saturated carbocycles. The zero-order valence-electron chi connectivity index (χ0n) is 17.4. The fourth-order valence-corrected chi connectivity index (χ4v) is 5.90. The lowest BCUT2D eigenvalue weighted by Crippen LogP contribution is -2.27. The number of carbonyl (C=O) groups is 1. The van der Waals surface area contributed by atoms with Crippen molar-refractivity contribution in [3.8, 4) is 0 Å². The molecule has 2 fully saturated rings. The second kappa shape index (κ2) is 8.81. The maximum atomic E-state index is 12.8. The Labute approximate surface area is 178 Å². The van der Waals surface area contributed by atoms with Crippen LogP contribution < -0.4 is 10.6 Å². The highest BCUT2D eigenvalue weighted by Gasteiger charge is 2.29. The van der Waals surface area contributed by atoms with Crippen LogP contribution in [0.2, 0.25) is 0 Å². The molecule has 4 rings (SSSR count). The van der Waals surface area contributed by atoms with E-state index < -0.39 is 10.0 Å². The van der Waals surface area contributed by atoms with Crippen molar-refractivity contribution in [2.24, 2.45) is 7.05 Å². The fourth-order valence-electron chi connectivity index (χ4n) is 4.31. The number of nitrogens with one attached hydrogen (secondary N) is 2. The Bertz CT molecular complexity index is 986. The second-order valence-electron chi connectivity index (χ2n) is 8.29. The summed E-state index contributed by atoms with van der Waals surface area (Å²) in [7, 11) is -1.85. The highest BCUT2D eigenvalue weighted by Crippen LogP contribution is 2.24. The molecule has 1 amide bonds. The predicted octanol–water partition coefficient (Wildman–Crippen LogP) is 3.81. The average molecular weight is 431 g/mol. The van der Waals surface area contributed by atoms with Gasteiger partial charge in [0.2, 0.25) is 10.0 Å². The fraction of sp³-hybridized carbons (Fsp3) is 0.500. The van der Waals surface area contributed by atoms with Crippen molar-refractivity contribution in [2.75, 3.05) is 23.7 Å². The second-order valence-corrected chi connectivity index (χ2v) is 10.2. The highest BCUT2D eigenvalue weighted by molar-refractivity contribution is 7.89. The first-order valence-corrected chi connectivity index (χ1v) is 12.2. The number of aromatic nitrogens is 1. The van der Waals surface area contributed by atoms with E-state index >= 15 is 0 Å². The third-order valence-corrected chi connectivity index (χ3v) is 7.90. The lowest BCUT2D eigenvalue weighted by atomic mass is 9.95. The molecule has 0 radical (unpaired) electrons. The monoisotopic (exact) mass is 430 g/mol. The van der Waals surface area contributed by atoms with Gasteiger partial charge in [0.15, 0.2) is 0 Å². The molecule has 30 heavy (non-hydrogen) atoms. The molecule has 0 spiro atoms. The summed E-state index contributed by atoms with van der Waals surface area (Å²) in [6.07, 6.45) is 9.55. The normalized spacial score (nSPS) is 18.4. The Kier molecular flexibility index (Phi) is 6.15. The average Bonchev–Trinajstić information content (AvgIpc) is 3.41. The summed E-state index contributed by atoms with van der Waals surface area (Å²) in [4.78, 5) is 12.9. The molecule has 0 unspecified atom stereocenters. The molecule has 0 atom stereocenters. The number of aryl methyl sites for hydroxylation is 1. The van der Waals surface area contributed by atoms with Gasteiger partial charge in [0.1, 0.15) is 10.6 Å². The van der Waals surface area contributed by atoms with Gasteiger partial charge in [-0.1, -0.05) is 19.3 Å². The third kappa shape index (κ3) is 4.54. The summed E-state index contributed by atoms with van der Waals surface area (Å²) >= 11 is 0. The first kappa shape index (κ1) is 20.9. The quantitative estimate of drug-likeness (QED) is 0.730. The van der Waals surface area contributed by atoms with Crippen LogP contribution in [0.1, 0.15) is 55.4 Å². The predicted molar refractivity (Wildman–Crippen MR) is 118 cm³/mol. The van der Waals surface area contributed by atoms with Crippen LogP contribution in [0, 0.1) is 0 Å². The molecule has 2 N–H and O–H groups in total. The molecule has 7 nitrogen and oxygen atoms in total. The smallest absolute Gasteiger partial charge is 0.272 e. The number of hydrogen-bond donors (Lipinski definition) is 2. The van der Waals surface area contributed by atoms with Gasteiger partial charge in [-0.3, -0.25) is 4.79 Å². The molecule has 2 aromatic rings. The molecule has 1 aliphatic carbocycles. The number of hydrogen-bond acceptors (Lipinski definition) is 4. The first-order valence-electron chi connectivity index (χ1n) is 10.8. The van der Waals surface area contributed by atoms with Crippen molar-refractivity contribution in [1.82, 2.24) is 8.87 Å². The zero-order valence-corrected chi connectivity index (χ0v) is 18.2. The maximum Gasteiger partial charge on any atom is 0.272 e. The van der Waals surface area contributed by atoms with Crippen molar-refractivity contribution in [1.29, 1.82) is 0 Å². The molecule has 1 saturated heterocycles. The van der Waals surface area contributed by atoms with E-state index in [0.29, 0.717) is 30.5 Å². The molecule has 1 aromatic heterocycles. The van der Waals surface area contributed by atoms with Crippen LogP contribution in [0.15, 0.2) is 41.4 Å². The number of anilines is 2. The number of amides is 1. The van der Waals surface area contributed by atoms with Crippen LogP contribution in [-0.2, 0) is 17.1 Å². The summed E-state index contributed by atoms with van der Waals surface area (Å²) < 4.78 is 28.6. The van der Waals surface area contributed by atoms with E-state index in [-0.39, 0.29) is 10.8 Å². The Morgan fingerprint density at radius 2 is 1.60 bits per heavy atom. The van der Waals surface area contributed by atoms with Gasteiger partial charge in [0.05, 0.1) is 0 Å². The third-order valence-electron chi connectivity index (χ3n) is 6.03. The number of benzene rings is 1. The standard InChI is InChI=1S/C22H30N4O3S/c1-25-16-20(30(28,29)26-13-5-6-14-26)15-21(25)22(27)24-19-11-9-18(10-12-19)23-17-7-3-2-4-8-17/h9-12,15-17,23H,2-8,13-14H2,1H3,(H,24,27). The Morgan fingerprint density at radius 1 is 0.967 bits per heavy atom. The highest BCUT2D eigenvalue weighted by atomic mass is 32.2. The lowest BCUT2D eigenvalue weighted by molar-refractivity contribution is 0.101. The van der Waals surface area contributed by atoms with E-state index in [2.05, 4.69) is 10.6 Å². The summed E-state index contributed by atoms with van der Waals surface area (Å²) in [5.74, 6) is -0.326. The van der Waals surface area contributed by atoms with Crippen molar-refractivity contribution < 1.29 is 13.2 Å². The lowest BCUT2D eigenvalue weighted by Gasteiger charge is -2.23. The summed E-state index contributed by atoms with van der Waals surface area (Å²) in [5, 5.41) is 6.43. The molecule has 162 valence electrons. The zero-order chi connectivity index (χ0) is 21.1. The summed E-state index contributed by atoms with van der Waals surface area (Å²) in [6.45, 7) is 1.08. The van der Waals surface area contributed by atoms with Gasteiger partial charge in [-0.2, -0.15) is 4.31 Å². The van der Waals surface area contributed by atoms with Gasteiger partial charge in [-0.25, -0.2) is 8.42 Å². The van der Waals surface area contributed by atoms with E-state index in [1.807, 2.05) is 24.3 Å². The van der Waals surface area contributed by atoms with E-state index in [9.17, 15) is 13.2 Å². The van der Waals surface area contributed by atoms with E-state index in [4.69, 9.17) is 0 Å². The van der Waals surface area contributed by atoms with Crippen molar-refractivity contribution in [2.45, 2.75) is 55.9 Å².